The van der Waals surface area contributed by atoms with Gasteiger partial charge in [-0.1, -0.05) is 0 Å². The Labute approximate surface area is 155 Å². The molecule has 1 aromatic carbocycles. The number of rotatable bonds is 0. The smallest absolute Gasteiger partial charge is 0.343 e. The summed E-state index contributed by atoms with van der Waals surface area (Å²) in [6, 6.07) is 5.90. The highest BCUT2D eigenvalue weighted by atomic mass is 19.1. The Morgan fingerprint density at radius 1 is 1.30 bits per heavy atom. The molecule has 27 heavy (non-hydrogen) atoms. The van der Waals surface area contributed by atoms with Crippen LogP contribution in [0.4, 0.5) is 10.2 Å². The second-order valence-electron chi connectivity index (χ2n) is 6.54. The molecule has 3 aromatic rings. The zero-order chi connectivity index (χ0) is 19.0. The molecular weight excluding hydrogens is 351 g/mol. The Hall–Kier alpha value is -3.16. The molecule has 3 heterocycles. The van der Waals surface area contributed by atoms with E-state index in [1.807, 2.05) is 6.92 Å². The summed E-state index contributed by atoms with van der Waals surface area (Å²) in [5.41, 5.74) is 1.38. The molecule has 2 aromatic heterocycles. The number of ether oxygens (including phenoxy) is 2. The standard InChI is InChI=1S/C19H19FN4O3/c1-11-6-8-26-16-4-3-13(20)9-14(16)12(2)22-17-5-7-24-18(23-17)15(10-21-24)19(25)27-11/h3-5,7,9-12H,6,8H2,1-2H3,(H,22,23)/t11-,12-/m1/s1. The van der Waals surface area contributed by atoms with E-state index in [-0.39, 0.29) is 18.0 Å². The first-order chi connectivity index (χ1) is 13.0. The number of halogens is 1. The van der Waals surface area contributed by atoms with Crippen LogP contribution in [0.1, 0.15) is 42.2 Å². The van der Waals surface area contributed by atoms with Crippen molar-refractivity contribution in [1.29, 1.82) is 0 Å². The van der Waals surface area contributed by atoms with Crippen molar-refractivity contribution in [1.82, 2.24) is 14.6 Å². The molecule has 0 saturated heterocycles. The van der Waals surface area contributed by atoms with E-state index in [0.29, 0.717) is 41.4 Å². The number of carbonyl (C=O) groups is 1. The van der Waals surface area contributed by atoms with Gasteiger partial charge >= 0.3 is 5.97 Å². The van der Waals surface area contributed by atoms with Crippen molar-refractivity contribution in [2.45, 2.75) is 32.4 Å². The minimum Gasteiger partial charge on any atom is -0.493 e. The molecule has 0 unspecified atom stereocenters. The van der Waals surface area contributed by atoms with Gasteiger partial charge in [0.2, 0.25) is 0 Å². The molecule has 7 nitrogen and oxygen atoms in total. The summed E-state index contributed by atoms with van der Waals surface area (Å²) in [6.07, 6.45) is 3.30. The van der Waals surface area contributed by atoms with Crippen LogP contribution >= 0.6 is 0 Å². The average molecular weight is 370 g/mol. The predicted molar refractivity (Wildman–Crippen MR) is 96.4 cm³/mol. The van der Waals surface area contributed by atoms with Gasteiger partial charge in [0.05, 0.1) is 18.8 Å². The molecule has 4 rings (SSSR count). The Morgan fingerprint density at radius 3 is 3.00 bits per heavy atom. The fourth-order valence-corrected chi connectivity index (χ4v) is 3.02. The second kappa shape index (κ2) is 6.86. The van der Waals surface area contributed by atoms with Crippen molar-refractivity contribution in [3.63, 3.8) is 0 Å². The maximum atomic E-state index is 13.8. The molecule has 0 fully saturated rings. The average Bonchev–Trinajstić information content (AvgIpc) is 3.05. The minimum absolute atomic E-state index is 0.260. The lowest BCUT2D eigenvalue weighted by Gasteiger charge is -2.20. The number of nitrogens with zero attached hydrogens (tertiary/aromatic N) is 3. The molecule has 140 valence electrons. The number of aromatic nitrogens is 3. The van der Waals surface area contributed by atoms with Gasteiger partial charge in [-0.25, -0.2) is 18.7 Å². The molecule has 1 N–H and O–H groups in total. The number of carbonyl (C=O) groups excluding carboxylic acids is 1. The maximum Gasteiger partial charge on any atom is 0.343 e. The monoisotopic (exact) mass is 370 g/mol. The fraction of sp³-hybridized carbons (Fsp3) is 0.316. The third-order valence-corrected chi connectivity index (χ3v) is 4.48. The summed E-state index contributed by atoms with van der Waals surface area (Å²) in [5, 5.41) is 7.37. The topological polar surface area (TPSA) is 77.8 Å². The van der Waals surface area contributed by atoms with Crippen LogP contribution in [-0.4, -0.2) is 33.3 Å². The lowest BCUT2D eigenvalue weighted by molar-refractivity contribution is 0.0299. The van der Waals surface area contributed by atoms with Gasteiger partial charge in [0.15, 0.2) is 5.65 Å². The summed E-state index contributed by atoms with van der Waals surface area (Å²) in [7, 11) is 0. The van der Waals surface area contributed by atoms with Crippen LogP contribution in [0.25, 0.3) is 5.65 Å². The molecule has 0 aliphatic carbocycles. The summed E-state index contributed by atoms with van der Waals surface area (Å²) >= 11 is 0. The summed E-state index contributed by atoms with van der Waals surface area (Å²) < 4.78 is 26.6. The number of fused-ring (bicyclic) bond motifs is 2. The Bertz CT molecular complexity index is 1000. The van der Waals surface area contributed by atoms with Crippen molar-refractivity contribution in [3.05, 3.63) is 53.6 Å². The van der Waals surface area contributed by atoms with Crippen molar-refractivity contribution in [2.75, 3.05) is 11.9 Å². The zero-order valence-corrected chi connectivity index (χ0v) is 15.0. The van der Waals surface area contributed by atoms with E-state index in [1.54, 1.807) is 25.3 Å². The number of hydrogen-bond acceptors (Lipinski definition) is 6. The molecule has 0 spiro atoms. The Kier molecular flexibility index (Phi) is 4.39. The number of esters is 1. The minimum atomic E-state index is -0.477. The van der Waals surface area contributed by atoms with Gasteiger partial charge in [0.1, 0.15) is 29.1 Å². The van der Waals surface area contributed by atoms with Crippen LogP contribution in [0.5, 0.6) is 5.75 Å². The summed E-state index contributed by atoms with van der Waals surface area (Å²) in [6.45, 7) is 4.04. The normalized spacial score (nSPS) is 20.3. The third-order valence-electron chi connectivity index (χ3n) is 4.48. The number of anilines is 1. The first kappa shape index (κ1) is 17.3. The quantitative estimate of drug-likeness (QED) is 0.612. The van der Waals surface area contributed by atoms with Crippen LogP contribution in [0.3, 0.4) is 0 Å². The van der Waals surface area contributed by atoms with E-state index in [0.717, 1.165) is 0 Å². The van der Waals surface area contributed by atoms with E-state index >= 15 is 0 Å². The molecular formula is C19H19FN4O3. The maximum absolute atomic E-state index is 13.8. The van der Waals surface area contributed by atoms with Crippen molar-refractivity contribution in [2.24, 2.45) is 0 Å². The van der Waals surface area contributed by atoms with E-state index in [1.165, 1.54) is 22.8 Å². The molecule has 0 radical (unpaired) electrons. The van der Waals surface area contributed by atoms with E-state index in [2.05, 4.69) is 15.4 Å². The number of hydrogen-bond donors (Lipinski definition) is 1. The van der Waals surface area contributed by atoms with Gasteiger partial charge in [-0.05, 0) is 38.1 Å². The Balaban J connectivity index is 1.79. The molecule has 1 aliphatic heterocycles. The van der Waals surface area contributed by atoms with Crippen molar-refractivity contribution < 1.29 is 18.7 Å². The van der Waals surface area contributed by atoms with Gasteiger partial charge in [0, 0.05) is 18.2 Å². The SMILES string of the molecule is C[C@@H]1CCOc2ccc(F)cc2[C@@H](C)Nc2ccn3ncc(c3n2)C(=O)O1. The predicted octanol–water partition coefficient (Wildman–Crippen LogP) is 3.37. The lowest BCUT2D eigenvalue weighted by atomic mass is 10.1. The van der Waals surface area contributed by atoms with E-state index < -0.39 is 5.97 Å². The third kappa shape index (κ3) is 3.42. The number of nitrogens with one attached hydrogen (secondary N) is 1. The zero-order valence-electron chi connectivity index (χ0n) is 15.0. The first-order valence-electron chi connectivity index (χ1n) is 8.75. The molecule has 0 saturated carbocycles. The van der Waals surface area contributed by atoms with E-state index in [4.69, 9.17) is 9.47 Å². The van der Waals surface area contributed by atoms with Crippen LogP contribution in [-0.2, 0) is 4.74 Å². The molecule has 8 heteroatoms. The molecule has 0 amide bonds. The molecule has 2 atom stereocenters. The highest BCUT2D eigenvalue weighted by Crippen LogP contribution is 2.29. The summed E-state index contributed by atoms with van der Waals surface area (Å²) in [4.78, 5) is 16.9. The molecule has 2 bridgehead atoms. The van der Waals surface area contributed by atoms with Gasteiger partial charge in [-0.3, -0.25) is 0 Å². The lowest BCUT2D eigenvalue weighted by Crippen LogP contribution is -2.19. The Morgan fingerprint density at radius 2 is 2.15 bits per heavy atom. The van der Waals surface area contributed by atoms with Crippen LogP contribution in [0.2, 0.25) is 0 Å². The number of benzene rings is 1. The van der Waals surface area contributed by atoms with Crippen LogP contribution < -0.4 is 10.1 Å². The highest BCUT2D eigenvalue weighted by Gasteiger charge is 2.21. The fourth-order valence-electron chi connectivity index (χ4n) is 3.02. The van der Waals surface area contributed by atoms with Gasteiger partial charge in [-0.2, -0.15) is 5.10 Å². The largest absolute Gasteiger partial charge is 0.493 e. The van der Waals surface area contributed by atoms with Crippen LogP contribution in [0, 0.1) is 5.82 Å². The summed E-state index contributed by atoms with van der Waals surface area (Å²) in [5.74, 6) is 0.300. The first-order valence-corrected chi connectivity index (χ1v) is 8.75. The van der Waals surface area contributed by atoms with Crippen LogP contribution in [0.15, 0.2) is 36.7 Å². The van der Waals surface area contributed by atoms with Gasteiger partial charge in [-0.15, -0.1) is 0 Å². The highest BCUT2D eigenvalue weighted by molar-refractivity contribution is 5.95. The number of cyclic esters (lactones) is 1. The molecule has 1 aliphatic rings. The van der Waals surface area contributed by atoms with Crippen molar-refractivity contribution >= 4 is 17.4 Å². The van der Waals surface area contributed by atoms with Crippen molar-refractivity contribution in [3.8, 4) is 5.75 Å². The van der Waals surface area contributed by atoms with Gasteiger partial charge in [0.25, 0.3) is 0 Å². The van der Waals surface area contributed by atoms with Gasteiger partial charge < -0.3 is 14.8 Å². The second-order valence-corrected chi connectivity index (χ2v) is 6.54. The van der Waals surface area contributed by atoms with E-state index in [9.17, 15) is 9.18 Å².